The molecule has 0 bridgehead atoms. The number of hydrogen-bond donors (Lipinski definition) is 1. The average molecular weight is 488 g/mol. The maximum atomic E-state index is 12.9. The van der Waals surface area contributed by atoms with Crippen LogP contribution in [-0.4, -0.2) is 53.7 Å². The zero-order valence-corrected chi connectivity index (χ0v) is 18.7. The first-order chi connectivity index (χ1) is 16.2. The van der Waals surface area contributed by atoms with Gasteiger partial charge in [-0.3, -0.25) is 14.4 Å². The Morgan fingerprint density at radius 2 is 1.41 bits per heavy atom. The van der Waals surface area contributed by atoms with Crippen molar-refractivity contribution in [3.05, 3.63) is 87.6 Å². The number of alkyl halides is 3. The Labute approximate surface area is 197 Å². The third-order valence-electron chi connectivity index (χ3n) is 5.43. The summed E-state index contributed by atoms with van der Waals surface area (Å²) in [5.74, 6) is -0.858. The van der Waals surface area contributed by atoms with Gasteiger partial charge in [-0.1, -0.05) is 12.1 Å². The SMILES string of the molecule is O=C(Nc1cccc(C(=O)N2CCN(C(=O)c3ccc(C(F)(F)F)cc3)CC2)c1)c1cccs1. The first-order valence-corrected chi connectivity index (χ1v) is 11.3. The van der Waals surface area contributed by atoms with Crippen LogP contribution < -0.4 is 5.32 Å². The molecule has 0 atom stereocenters. The van der Waals surface area contributed by atoms with Crippen molar-refractivity contribution in [2.75, 3.05) is 31.5 Å². The summed E-state index contributed by atoms with van der Waals surface area (Å²) in [5.41, 5.74) is 0.266. The number of piperazine rings is 1. The van der Waals surface area contributed by atoms with Crippen molar-refractivity contribution in [2.24, 2.45) is 0 Å². The number of halogens is 3. The molecule has 2 heterocycles. The molecule has 6 nitrogen and oxygen atoms in total. The zero-order valence-electron chi connectivity index (χ0n) is 17.8. The highest BCUT2D eigenvalue weighted by Crippen LogP contribution is 2.29. The Morgan fingerprint density at radius 1 is 0.794 bits per heavy atom. The van der Waals surface area contributed by atoms with Gasteiger partial charge in [-0.15, -0.1) is 11.3 Å². The molecule has 3 amide bonds. The summed E-state index contributed by atoms with van der Waals surface area (Å²) >= 11 is 1.32. The minimum Gasteiger partial charge on any atom is -0.335 e. The highest BCUT2D eigenvalue weighted by molar-refractivity contribution is 7.12. The topological polar surface area (TPSA) is 69.7 Å². The van der Waals surface area contributed by atoms with Crippen LogP contribution in [0.3, 0.4) is 0 Å². The van der Waals surface area contributed by atoms with Crippen LogP contribution in [0.2, 0.25) is 0 Å². The maximum absolute atomic E-state index is 12.9. The molecule has 0 unspecified atom stereocenters. The van der Waals surface area contributed by atoms with E-state index in [1.54, 1.807) is 46.7 Å². The molecule has 1 N–H and O–H groups in total. The van der Waals surface area contributed by atoms with Crippen LogP contribution in [0.25, 0.3) is 0 Å². The molecule has 10 heteroatoms. The van der Waals surface area contributed by atoms with E-state index in [9.17, 15) is 27.6 Å². The predicted octanol–water partition coefficient (Wildman–Crippen LogP) is 4.62. The summed E-state index contributed by atoms with van der Waals surface area (Å²) < 4.78 is 38.2. The molecule has 0 radical (unpaired) electrons. The van der Waals surface area contributed by atoms with E-state index < -0.39 is 11.7 Å². The van der Waals surface area contributed by atoms with E-state index in [1.165, 1.54) is 28.4 Å². The summed E-state index contributed by atoms with van der Waals surface area (Å²) in [6.45, 7) is 1.11. The van der Waals surface area contributed by atoms with Crippen LogP contribution >= 0.6 is 11.3 Å². The molecule has 0 spiro atoms. The van der Waals surface area contributed by atoms with Crippen LogP contribution in [0.5, 0.6) is 0 Å². The smallest absolute Gasteiger partial charge is 0.335 e. The number of nitrogens with zero attached hydrogens (tertiary/aromatic N) is 2. The minimum absolute atomic E-state index is 0.168. The fraction of sp³-hybridized carbons (Fsp3) is 0.208. The average Bonchev–Trinajstić information content (AvgIpc) is 3.38. The molecule has 2 aromatic carbocycles. The number of benzene rings is 2. The Bertz CT molecular complexity index is 1190. The number of nitrogens with one attached hydrogen (secondary N) is 1. The molecular weight excluding hydrogens is 467 g/mol. The van der Waals surface area contributed by atoms with Gasteiger partial charge in [0.05, 0.1) is 10.4 Å². The van der Waals surface area contributed by atoms with E-state index in [2.05, 4.69) is 5.32 Å². The largest absolute Gasteiger partial charge is 0.416 e. The number of anilines is 1. The number of thiophene rings is 1. The van der Waals surface area contributed by atoms with E-state index in [0.717, 1.165) is 12.1 Å². The van der Waals surface area contributed by atoms with Gasteiger partial charge in [-0.25, -0.2) is 0 Å². The zero-order chi connectivity index (χ0) is 24.3. The first kappa shape index (κ1) is 23.5. The summed E-state index contributed by atoms with van der Waals surface area (Å²) in [7, 11) is 0. The molecule has 1 aliphatic heterocycles. The van der Waals surface area contributed by atoms with Crippen molar-refractivity contribution in [1.29, 1.82) is 0 Å². The summed E-state index contributed by atoms with van der Waals surface area (Å²) in [6, 6.07) is 14.2. The number of carbonyl (C=O) groups is 3. The van der Waals surface area contributed by atoms with Crippen molar-refractivity contribution in [2.45, 2.75) is 6.18 Å². The maximum Gasteiger partial charge on any atom is 0.416 e. The molecule has 1 fully saturated rings. The van der Waals surface area contributed by atoms with Crippen molar-refractivity contribution in [3.63, 3.8) is 0 Å². The Morgan fingerprint density at radius 3 is 1.97 bits per heavy atom. The molecule has 3 aromatic rings. The van der Waals surface area contributed by atoms with Crippen LogP contribution in [0.4, 0.5) is 18.9 Å². The lowest BCUT2D eigenvalue weighted by molar-refractivity contribution is -0.137. The number of carbonyl (C=O) groups excluding carboxylic acids is 3. The lowest BCUT2D eigenvalue weighted by Crippen LogP contribution is -2.50. The normalized spacial score (nSPS) is 14.1. The highest BCUT2D eigenvalue weighted by atomic mass is 32.1. The van der Waals surface area contributed by atoms with Crippen LogP contribution in [0.15, 0.2) is 66.0 Å². The van der Waals surface area contributed by atoms with E-state index >= 15 is 0 Å². The van der Waals surface area contributed by atoms with Gasteiger partial charge in [0.15, 0.2) is 0 Å². The van der Waals surface area contributed by atoms with Crippen molar-refractivity contribution in [3.8, 4) is 0 Å². The Balaban J connectivity index is 1.35. The van der Waals surface area contributed by atoms with Crippen molar-refractivity contribution in [1.82, 2.24) is 9.80 Å². The van der Waals surface area contributed by atoms with Gasteiger partial charge in [0.1, 0.15) is 0 Å². The number of rotatable bonds is 4. The minimum atomic E-state index is -4.46. The van der Waals surface area contributed by atoms with Crippen LogP contribution in [-0.2, 0) is 6.18 Å². The third-order valence-corrected chi connectivity index (χ3v) is 6.29. The Kier molecular flexibility index (Phi) is 6.69. The van der Waals surface area contributed by atoms with Gasteiger partial charge in [-0.2, -0.15) is 13.2 Å². The fourth-order valence-corrected chi connectivity index (χ4v) is 4.23. The molecular formula is C24H20F3N3O3S. The number of amides is 3. The second-order valence-corrected chi connectivity index (χ2v) is 8.62. The van der Waals surface area contributed by atoms with Crippen molar-refractivity contribution < 1.29 is 27.6 Å². The second-order valence-electron chi connectivity index (χ2n) is 7.67. The molecule has 1 saturated heterocycles. The number of hydrogen-bond acceptors (Lipinski definition) is 4. The standard InChI is InChI=1S/C24H20F3N3O3S/c25-24(26,27)18-8-6-16(7-9-18)22(32)29-10-12-30(13-11-29)23(33)17-3-1-4-19(15-17)28-21(31)20-5-2-14-34-20/h1-9,14-15H,10-13H2,(H,28,31). The van der Waals surface area contributed by atoms with E-state index in [0.29, 0.717) is 16.1 Å². The summed E-state index contributed by atoms with van der Waals surface area (Å²) in [5, 5.41) is 4.58. The van der Waals surface area contributed by atoms with E-state index in [1.807, 2.05) is 0 Å². The van der Waals surface area contributed by atoms with Crippen molar-refractivity contribution >= 4 is 34.7 Å². The lowest BCUT2D eigenvalue weighted by Gasteiger charge is -2.35. The van der Waals surface area contributed by atoms with Crippen LogP contribution in [0.1, 0.15) is 36.0 Å². The van der Waals surface area contributed by atoms with Gasteiger partial charge < -0.3 is 15.1 Å². The molecule has 1 aliphatic rings. The van der Waals surface area contributed by atoms with Gasteiger partial charge >= 0.3 is 6.18 Å². The van der Waals surface area contributed by atoms with Gasteiger partial charge in [0.25, 0.3) is 17.7 Å². The van der Waals surface area contributed by atoms with E-state index in [-0.39, 0.29) is 49.5 Å². The van der Waals surface area contributed by atoms with Gasteiger partial charge in [0.2, 0.25) is 0 Å². The van der Waals surface area contributed by atoms with Gasteiger partial charge in [-0.05, 0) is 53.9 Å². The molecule has 34 heavy (non-hydrogen) atoms. The monoisotopic (exact) mass is 487 g/mol. The molecule has 1 aromatic heterocycles. The molecule has 0 aliphatic carbocycles. The van der Waals surface area contributed by atoms with E-state index in [4.69, 9.17) is 0 Å². The lowest BCUT2D eigenvalue weighted by atomic mass is 10.1. The van der Waals surface area contributed by atoms with Gasteiger partial charge in [0, 0.05) is 43.0 Å². The predicted molar refractivity (Wildman–Crippen MR) is 122 cm³/mol. The first-order valence-electron chi connectivity index (χ1n) is 10.4. The second kappa shape index (κ2) is 9.68. The summed E-state index contributed by atoms with van der Waals surface area (Å²) in [4.78, 5) is 41.5. The third kappa shape index (κ3) is 5.28. The van der Waals surface area contributed by atoms with Crippen LogP contribution in [0, 0.1) is 0 Å². The Hall–Kier alpha value is -3.66. The highest BCUT2D eigenvalue weighted by Gasteiger charge is 2.31. The molecule has 0 saturated carbocycles. The fourth-order valence-electron chi connectivity index (χ4n) is 3.61. The molecule has 4 rings (SSSR count). The summed E-state index contributed by atoms with van der Waals surface area (Å²) in [6.07, 6.45) is -4.46. The quantitative estimate of drug-likeness (QED) is 0.584. The molecule has 176 valence electrons.